The molecule has 0 unspecified atom stereocenters. The van der Waals surface area contributed by atoms with Gasteiger partial charge in [-0.15, -0.1) is 11.3 Å². The highest BCUT2D eigenvalue weighted by atomic mass is 32.1. The van der Waals surface area contributed by atoms with Gasteiger partial charge < -0.3 is 0 Å². The molecule has 6 aromatic rings. The van der Waals surface area contributed by atoms with Crippen molar-refractivity contribution in [3.63, 3.8) is 0 Å². The molecule has 30 heavy (non-hydrogen) atoms. The average Bonchev–Trinajstić information content (AvgIpc) is 3.40. The van der Waals surface area contributed by atoms with Crippen LogP contribution in [0.25, 0.3) is 49.1 Å². The van der Waals surface area contributed by atoms with Crippen molar-refractivity contribution >= 4 is 27.5 Å². The average molecular weight is 404 g/mol. The van der Waals surface area contributed by atoms with Crippen LogP contribution in [0.3, 0.4) is 0 Å². The van der Waals surface area contributed by atoms with Gasteiger partial charge in [0.25, 0.3) is 5.78 Å². The molecule has 0 saturated heterocycles. The molecule has 0 N–H and O–H groups in total. The first-order valence-electron chi connectivity index (χ1n) is 9.73. The minimum Gasteiger partial charge on any atom is -0.209 e. The van der Waals surface area contributed by atoms with E-state index in [1.807, 2.05) is 59.1 Å². The largest absolute Gasteiger partial charge is 0.253 e. The van der Waals surface area contributed by atoms with Crippen LogP contribution in [0.2, 0.25) is 0 Å². The molecule has 0 spiro atoms. The molecule has 0 bridgehead atoms. The zero-order chi connectivity index (χ0) is 19.9. The van der Waals surface area contributed by atoms with Gasteiger partial charge in [-0.1, -0.05) is 91.0 Å². The van der Waals surface area contributed by atoms with Crippen molar-refractivity contribution in [2.24, 2.45) is 0 Å². The van der Waals surface area contributed by atoms with Crippen LogP contribution in [-0.4, -0.2) is 19.6 Å². The van der Waals surface area contributed by atoms with E-state index in [1.165, 1.54) is 5.56 Å². The lowest BCUT2D eigenvalue weighted by molar-refractivity contribution is 0.952. The molecular formula is C25H16N4S. The van der Waals surface area contributed by atoms with Crippen molar-refractivity contribution in [3.8, 4) is 33.0 Å². The van der Waals surface area contributed by atoms with Crippen LogP contribution in [-0.2, 0) is 0 Å². The van der Waals surface area contributed by atoms with Crippen LogP contribution in [0, 0.1) is 0 Å². The summed E-state index contributed by atoms with van der Waals surface area (Å²) >= 11 is 1.65. The SMILES string of the molecule is c1ccc(-c2cc3nn4c(-c5ccccc5)c(-c5ccccc5)nc4nc3s2)cc1. The third-order valence-electron chi connectivity index (χ3n) is 5.09. The Kier molecular flexibility index (Phi) is 3.92. The molecule has 4 nitrogen and oxygen atoms in total. The number of hydrogen-bond acceptors (Lipinski definition) is 4. The maximum absolute atomic E-state index is 4.95. The van der Waals surface area contributed by atoms with Crippen molar-refractivity contribution in [1.82, 2.24) is 19.6 Å². The highest BCUT2D eigenvalue weighted by molar-refractivity contribution is 7.21. The number of rotatable bonds is 3. The normalized spacial score (nSPS) is 11.3. The molecule has 3 heterocycles. The van der Waals surface area contributed by atoms with Crippen LogP contribution in [0.5, 0.6) is 0 Å². The number of aromatic nitrogens is 4. The van der Waals surface area contributed by atoms with E-state index in [-0.39, 0.29) is 0 Å². The predicted octanol–water partition coefficient (Wildman–Crippen LogP) is 6.34. The first-order valence-corrected chi connectivity index (χ1v) is 10.5. The van der Waals surface area contributed by atoms with E-state index in [9.17, 15) is 0 Å². The third kappa shape index (κ3) is 2.79. The standard InChI is InChI=1S/C25H16N4S/c1-4-10-17(11-5-1)21-16-20-24(30-21)27-25-26-22(18-12-6-2-7-13-18)23(29(25)28-20)19-14-8-3-9-15-19/h1-16H. The lowest BCUT2D eigenvalue weighted by Crippen LogP contribution is -1.96. The van der Waals surface area contributed by atoms with E-state index >= 15 is 0 Å². The summed E-state index contributed by atoms with van der Waals surface area (Å²) in [5, 5.41) is 4.95. The van der Waals surface area contributed by atoms with Crippen LogP contribution in [0.15, 0.2) is 97.1 Å². The molecule has 0 saturated carbocycles. The number of thiophene rings is 1. The molecule has 0 atom stereocenters. The number of hydrogen-bond donors (Lipinski definition) is 0. The van der Waals surface area contributed by atoms with Crippen molar-refractivity contribution < 1.29 is 0 Å². The molecule has 142 valence electrons. The fourth-order valence-corrected chi connectivity index (χ4v) is 4.65. The highest BCUT2D eigenvalue weighted by Crippen LogP contribution is 2.35. The van der Waals surface area contributed by atoms with Crippen LogP contribution in [0.1, 0.15) is 0 Å². The molecule has 0 aliphatic carbocycles. The van der Waals surface area contributed by atoms with Gasteiger partial charge in [-0.25, -0.2) is 4.98 Å². The maximum atomic E-state index is 4.95. The predicted molar refractivity (Wildman–Crippen MR) is 122 cm³/mol. The Bertz CT molecular complexity index is 1470. The zero-order valence-corrected chi connectivity index (χ0v) is 16.8. The Morgan fingerprint density at radius 1 is 0.633 bits per heavy atom. The molecule has 3 aromatic heterocycles. The highest BCUT2D eigenvalue weighted by Gasteiger charge is 2.19. The van der Waals surface area contributed by atoms with E-state index in [4.69, 9.17) is 15.1 Å². The summed E-state index contributed by atoms with van der Waals surface area (Å²) in [5.41, 5.74) is 6.02. The smallest absolute Gasteiger partial charge is 0.209 e. The van der Waals surface area contributed by atoms with Crippen molar-refractivity contribution in [3.05, 3.63) is 97.1 Å². The minimum absolute atomic E-state index is 0.613. The van der Waals surface area contributed by atoms with Crippen molar-refractivity contribution in [2.75, 3.05) is 0 Å². The quantitative estimate of drug-likeness (QED) is 0.346. The Hall–Kier alpha value is -3.83. The van der Waals surface area contributed by atoms with Gasteiger partial charge in [0.15, 0.2) is 0 Å². The molecular weight excluding hydrogens is 388 g/mol. The lowest BCUT2D eigenvalue weighted by Gasteiger charge is -2.04. The fraction of sp³-hybridized carbons (Fsp3) is 0. The summed E-state index contributed by atoms with van der Waals surface area (Å²) in [5.74, 6) is 0.613. The number of fused-ring (bicyclic) bond motifs is 2. The first-order chi connectivity index (χ1) is 14.9. The van der Waals surface area contributed by atoms with Gasteiger partial charge in [-0.05, 0) is 11.6 Å². The zero-order valence-electron chi connectivity index (χ0n) is 15.9. The van der Waals surface area contributed by atoms with Crippen molar-refractivity contribution in [1.29, 1.82) is 0 Å². The third-order valence-corrected chi connectivity index (χ3v) is 6.16. The Morgan fingerprint density at radius 2 is 1.23 bits per heavy atom. The van der Waals surface area contributed by atoms with Crippen LogP contribution in [0.4, 0.5) is 0 Å². The molecule has 3 aromatic carbocycles. The maximum Gasteiger partial charge on any atom is 0.253 e. The fourth-order valence-electron chi connectivity index (χ4n) is 3.69. The molecule has 0 aliphatic heterocycles. The van der Waals surface area contributed by atoms with E-state index < -0.39 is 0 Å². The number of benzene rings is 3. The molecule has 6 rings (SSSR count). The van der Waals surface area contributed by atoms with Crippen LogP contribution >= 0.6 is 11.3 Å². The number of nitrogens with zero attached hydrogens (tertiary/aromatic N) is 4. The second-order valence-corrected chi connectivity index (χ2v) is 8.06. The summed E-state index contributed by atoms with van der Waals surface area (Å²) < 4.78 is 1.88. The van der Waals surface area contributed by atoms with E-state index in [0.29, 0.717) is 5.78 Å². The molecule has 0 radical (unpaired) electrons. The summed E-state index contributed by atoms with van der Waals surface area (Å²) in [6, 6.07) is 32.9. The van der Waals surface area contributed by atoms with Gasteiger partial charge in [-0.3, -0.25) is 0 Å². The summed E-state index contributed by atoms with van der Waals surface area (Å²) in [6.45, 7) is 0. The first kappa shape index (κ1) is 17.1. The molecule has 0 amide bonds. The minimum atomic E-state index is 0.613. The van der Waals surface area contributed by atoms with Gasteiger partial charge in [0.2, 0.25) is 0 Å². The lowest BCUT2D eigenvalue weighted by atomic mass is 10.1. The summed E-state index contributed by atoms with van der Waals surface area (Å²) in [6.07, 6.45) is 0. The topological polar surface area (TPSA) is 43.1 Å². The summed E-state index contributed by atoms with van der Waals surface area (Å²) in [4.78, 5) is 11.8. The Morgan fingerprint density at radius 3 is 1.90 bits per heavy atom. The second kappa shape index (κ2) is 6.90. The monoisotopic (exact) mass is 404 g/mol. The van der Waals surface area contributed by atoms with Crippen molar-refractivity contribution in [2.45, 2.75) is 0 Å². The number of imidazole rings is 1. The van der Waals surface area contributed by atoms with Gasteiger partial charge in [0.05, 0.1) is 0 Å². The molecule has 5 heteroatoms. The van der Waals surface area contributed by atoms with Gasteiger partial charge in [0.1, 0.15) is 21.7 Å². The Balaban J connectivity index is 1.62. The Labute approximate surface area is 177 Å². The van der Waals surface area contributed by atoms with E-state index in [0.717, 1.165) is 37.7 Å². The van der Waals surface area contributed by atoms with E-state index in [1.54, 1.807) is 11.3 Å². The summed E-state index contributed by atoms with van der Waals surface area (Å²) in [7, 11) is 0. The second-order valence-electron chi connectivity index (χ2n) is 7.03. The van der Waals surface area contributed by atoms with Gasteiger partial charge >= 0.3 is 0 Å². The van der Waals surface area contributed by atoms with Gasteiger partial charge in [-0.2, -0.15) is 14.6 Å². The molecule has 0 fully saturated rings. The van der Waals surface area contributed by atoms with E-state index in [2.05, 4.69) is 42.5 Å². The molecule has 0 aliphatic rings. The van der Waals surface area contributed by atoms with Crippen LogP contribution < -0.4 is 0 Å². The van der Waals surface area contributed by atoms with Gasteiger partial charge in [0, 0.05) is 16.0 Å².